The maximum absolute atomic E-state index is 13.0. The first kappa shape index (κ1) is 10.6. The van der Waals surface area contributed by atoms with Crippen molar-refractivity contribution >= 4 is 0 Å². The molecule has 2 N–H and O–H groups in total. The summed E-state index contributed by atoms with van der Waals surface area (Å²) < 4.78 is 13.0. The molecule has 0 aliphatic heterocycles. The summed E-state index contributed by atoms with van der Waals surface area (Å²) in [7, 11) is 0. The molecule has 0 aromatic heterocycles. The first-order valence-corrected chi connectivity index (χ1v) is 5.30. The Morgan fingerprint density at radius 3 is 2.87 bits per heavy atom. The summed E-state index contributed by atoms with van der Waals surface area (Å²) in [5.74, 6) is -0.306. The van der Waals surface area contributed by atoms with Crippen LogP contribution in [0.2, 0.25) is 0 Å². The molecule has 0 radical (unpaired) electrons. The van der Waals surface area contributed by atoms with Crippen molar-refractivity contribution in [1.82, 2.24) is 5.32 Å². The van der Waals surface area contributed by atoms with Crippen LogP contribution in [0.25, 0.3) is 0 Å². The summed E-state index contributed by atoms with van der Waals surface area (Å²) >= 11 is 0. The second-order valence-electron chi connectivity index (χ2n) is 4.44. The standard InChI is InChI=1S/C12H16FNO/c1-12(15,8-14-11-5-6-11)9-3-2-4-10(13)7-9/h2-4,7,11,14-15H,5-6,8H2,1H3. The average molecular weight is 209 g/mol. The average Bonchev–Trinajstić information content (AvgIpc) is 2.98. The minimum Gasteiger partial charge on any atom is -0.384 e. The van der Waals surface area contributed by atoms with E-state index in [0.717, 1.165) is 0 Å². The van der Waals surface area contributed by atoms with Crippen LogP contribution in [0.3, 0.4) is 0 Å². The highest BCUT2D eigenvalue weighted by molar-refractivity contribution is 5.23. The fourth-order valence-electron chi connectivity index (χ4n) is 1.56. The fourth-order valence-corrected chi connectivity index (χ4v) is 1.56. The second kappa shape index (κ2) is 3.91. The second-order valence-corrected chi connectivity index (χ2v) is 4.44. The minimum absolute atomic E-state index is 0.306. The summed E-state index contributed by atoms with van der Waals surface area (Å²) in [6.45, 7) is 2.18. The Labute approximate surface area is 89.1 Å². The molecule has 82 valence electrons. The molecule has 15 heavy (non-hydrogen) atoms. The molecule has 1 aliphatic rings. The van der Waals surface area contributed by atoms with E-state index < -0.39 is 5.60 Å². The fraction of sp³-hybridized carbons (Fsp3) is 0.500. The van der Waals surface area contributed by atoms with E-state index in [4.69, 9.17) is 0 Å². The van der Waals surface area contributed by atoms with Gasteiger partial charge in [0.1, 0.15) is 5.82 Å². The van der Waals surface area contributed by atoms with Gasteiger partial charge in [-0.15, -0.1) is 0 Å². The van der Waals surface area contributed by atoms with Gasteiger partial charge in [-0.1, -0.05) is 12.1 Å². The number of aliphatic hydroxyl groups is 1. The predicted molar refractivity (Wildman–Crippen MR) is 57.0 cm³/mol. The lowest BCUT2D eigenvalue weighted by molar-refractivity contribution is 0.0563. The van der Waals surface area contributed by atoms with Crippen molar-refractivity contribution in [2.45, 2.75) is 31.4 Å². The lowest BCUT2D eigenvalue weighted by atomic mass is 9.96. The predicted octanol–water partition coefficient (Wildman–Crippen LogP) is 1.79. The van der Waals surface area contributed by atoms with E-state index in [-0.39, 0.29) is 5.82 Å². The zero-order chi connectivity index (χ0) is 10.9. The van der Waals surface area contributed by atoms with Crippen LogP contribution in [-0.4, -0.2) is 17.7 Å². The molecule has 2 nitrogen and oxygen atoms in total. The van der Waals surface area contributed by atoms with E-state index >= 15 is 0 Å². The van der Waals surface area contributed by atoms with Crippen LogP contribution in [0.4, 0.5) is 4.39 Å². The number of rotatable bonds is 4. The lowest BCUT2D eigenvalue weighted by Gasteiger charge is -2.24. The molecule has 0 amide bonds. The summed E-state index contributed by atoms with van der Waals surface area (Å²) in [4.78, 5) is 0. The molecule has 1 fully saturated rings. The van der Waals surface area contributed by atoms with Gasteiger partial charge in [0, 0.05) is 12.6 Å². The van der Waals surface area contributed by atoms with E-state index in [9.17, 15) is 9.50 Å². The van der Waals surface area contributed by atoms with Gasteiger partial charge in [-0.2, -0.15) is 0 Å². The maximum atomic E-state index is 13.0. The molecule has 0 spiro atoms. The molecule has 1 saturated carbocycles. The van der Waals surface area contributed by atoms with E-state index in [1.54, 1.807) is 19.1 Å². The third-order valence-electron chi connectivity index (χ3n) is 2.76. The summed E-state index contributed by atoms with van der Waals surface area (Å²) in [5.41, 5.74) is -0.374. The maximum Gasteiger partial charge on any atom is 0.123 e. The molecule has 1 atom stereocenters. The molecule has 0 bridgehead atoms. The van der Waals surface area contributed by atoms with Gasteiger partial charge in [0.15, 0.2) is 0 Å². The molecule has 0 heterocycles. The van der Waals surface area contributed by atoms with Crippen LogP contribution in [0.1, 0.15) is 25.3 Å². The van der Waals surface area contributed by atoms with E-state index in [1.165, 1.54) is 25.0 Å². The number of hydrogen-bond donors (Lipinski definition) is 2. The van der Waals surface area contributed by atoms with E-state index in [1.807, 2.05) is 0 Å². The highest BCUT2D eigenvalue weighted by Gasteiger charge is 2.28. The Morgan fingerprint density at radius 2 is 2.27 bits per heavy atom. The van der Waals surface area contributed by atoms with Crippen molar-refractivity contribution in [3.63, 3.8) is 0 Å². The normalized spacial score (nSPS) is 19.9. The van der Waals surface area contributed by atoms with Gasteiger partial charge in [0.05, 0.1) is 5.60 Å². The van der Waals surface area contributed by atoms with Crippen LogP contribution >= 0.6 is 0 Å². The number of halogens is 1. The lowest BCUT2D eigenvalue weighted by Crippen LogP contribution is -2.36. The van der Waals surface area contributed by atoms with Crippen LogP contribution in [0.5, 0.6) is 0 Å². The highest BCUT2D eigenvalue weighted by Crippen LogP contribution is 2.24. The third kappa shape index (κ3) is 2.76. The summed E-state index contributed by atoms with van der Waals surface area (Å²) in [6, 6.07) is 6.68. The first-order chi connectivity index (χ1) is 7.08. The van der Waals surface area contributed by atoms with Crippen molar-refractivity contribution in [2.24, 2.45) is 0 Å². The van der Waals surface area contributed by atoms with Crippen molar-refractivity contribution in [3.8, 4) is 0 Å². The van der Waals surface area contributed by atoms with Gasteiger partial charge in [-0.25, -0.2) is 4.39 Å². The van der Waals surface area contributed by atoms with Gasteiger partial charge in [0.25, 0.3) is 0 Å². The van der Waals surface area contributed by atoms with Crippen molar-refractivity contribution in [1.29, 1.82) is 0 Å². The number of nitrogens with one attached hydrogen (secondary N) is 1. The number of hydrogen-bond acceptors (Lipinski definition) is 2. The first-order valence-electron chi connectivity index (χ1n) is 5.30. The molecule has 1 aliphatic carbocycles. The minimum atomic E-state index is -0.995. The summed E-state index contributed by atoms with van der Waals surface area (Å²) in [5, 5.41) is 13.4. The van der Waals surface area contributed by atoms with E-state index in [0.29, 0.717) is 18.2 Å². The SMILES string of the molecule is CC(O)(CNC1CC1)c1cccc(F)c1. The van der Waals surface area contributed by atoms with Crippen LogP contribution in [0.15, 0.2) is 24.3 Å². The topological polar surface area (TPSA) is 32.3 Å². The smallest absolute Gasteiger partial charge is 0.123 e. The van der Waals surface area contributed by atoms with Crippen molar-refractivity contribution in [2.75, 3.05) is 6.54 Å². The van der Waals surface area contributed by atoms with Gasteiger partial charge >= 0.3 is 0 Å². The Hall–Kier alpha value is -0.930. The Bertz CT molecular complexity index is 347. The molecule has 3 heteroatoms. The van der Waals surface area contributed by atoms with Crippen LogP contribution in [-0.2, 0) is 5.60 Å². The Balaban J connectivity index is 2.05. The Morgan fingerprint density at radius 1 is 1.53 bits per heavy atom. The molecule has 0 saturated heterocycles. The third-order valence-corrected chi connectivity index (χ3v) is 2.76. The van der Waals surface area contributed by atoms with Gasteiger partial charge in [0.2, 0.25) is 0 Å². The van der Waals surface area contributed by atoms with Crippen molar-refractivity contribution < 1.29 is 9.50 Å². The van der Waals surface area contributed by atoms with Crippen molar-refractivity contribution in [3.05, 3.63) is 35.6 Å². The Kier molecular flexibility index (Phi) is 2.76. The molecule has 1 aromatic rings. The monoisotopic (exact) mass is 209 g/mol. The molecular weight excluding hydrogens is 193 g/mol. The van der Waals surface area contributed by atoms with Crippen LogP contribution in [0, 0.1) is 5.82 Å². The molecule has 1 aromatic carbocycles. The van der Waals surface area contributed by atoms with Crippen LogP contribution < -0.4 is 5.32 Å². The number of benzene rings is 1. The zero-order valence-electron chi connectivity index (χ0n) is 8.83. The highest BCUT2D eigenvalue weighted by atomic mass is 19.1. The molecular formula is C12H16FNO. The summed E-state index contributed by atoms with van der Waals surface area (Å²) in [6.07, 6.45) is 2.36. The molecule has 1 unspecified atom stereocenters. The quantitative estimate of drug-likeness (QED) is 0.792. The van der Waals surface area contributed by atoms with Gasteiger partial charge in [-0.05, 0) is 37.5 Å². The largest absolute Gasteiger partial charge is 0.384 e. The van der Waals surface area contributed by atoms with Gasteiger partial charge in [-0.3, -0.25) is 0 Å². The van der Waals surface area contributed by atoms with E-state index in [2.05, 4.69) is 5.32 Å². The zero-order valence-corrected chi connectivity index (χ0v) is 8.83. The molecule has 2 rings (SSSR count). The van der Waals surface area contributed by atoms with Gasteiger partial charge < -0.3 is 10.4 Å².